The van der Waals surface area contributed by atoms with Gasteiger partial charge in [-0.25, -0.2) is 4.98 Å². The number of benzene rings is 1. The maximum absolute atomic E-state index is 12.8. The van der Waals surface area contributed by atoms with Gasteiger partial charge < -0.3 is 24.1 Å². The van der Waals surface area contributed by atoms with Crippen LogP contribution in [0.3, 0.4) is 0 Å². The molecule has 1 aromatic carbocycles. The second-order valence-electron chi connectivity index (χ2n) is 6.76. The first-order valence-electron chi connectivity index (χ1n) is 8.74. The number of ether oxygens (including phenoxy) is 3. The highest BCUT2D eigenvalue weighted by molar-refractivity contribution is 5.55. The predicted octanol–water partition coefficient (Wildman–Crippen LogP) is 2.99. The van der Waals surface area contributed by atoms with Gasteiger partial charge in [0.1, 0.15) is 5.82 Å². The molecule has 0 unspecified atom stereocenters. The minimum atomic E-state index is -4.39. The highest BCUT2D eigenvalue weighted by atomic mass is 19.4. The molecule has 2 aliphatic heterocycles. The van der Waals surface area contributed by atoms with Crippen molar-refractivity contribution in [3.8, 4) is 17.2 Å². The lowest BCUT2D eigenvalue weighted by Gasteiger charge is -2.24. The highest BCUT2D eigenvalue weighted by Gasteiger charge is 2.35. The molecule has 0 fully saturated rings. The number of fused-ring (bicyclic) bond motifs is 2. The number of halogens is 3. The lowest BCUT2D eigenvalue weighted by atomic mass is 9.99. The van der Waals surface area contributed by atoms with Crippen LogP contribution in [-0.4, -0.2) is 30.0 Å². The van der Waals surface area contributed by atoms with Crippen molar-refractivity contribution in [2.24, 2.45) is 5.92 Å². The van der Waals surface area contributed by atoms with Crippen LogP contribution in [0.25, 0.3) is 0 Å². The van der Waals surface area contributed by atoms with E-state index in [0.29, 0.717) is 49.1 Å². The Balaban J connectivity index is 1.35. The molecule has 9 heteroatoms. The Morgan fingerprint density at radius 1 is 1.33 bits per heavy atom. The number of alkyl halides is 3. The quantitative estimate of drug-likeness (QED) is 0.860. The largest absolute Gasteiger partial charge is 0.493 e. The van der Waals surface area contributed by atoms with Gasteiger partial charge in [0.25, 0.3) is 0 Å². The zero-order chi connectivity index (χ0) is 19.0. The molecule has 4 rings (SSSR count). The number of aryl methyl sites for hydroxylation is 1. The summed E-state index contributed by atoms with van der Waals surface area (Å²) in [6, 6.07) is 3.80. The molecule has 6 nitrogen and oxygen atoms in total. The Morgan fingerprint density at radius 3 is 2.96 bits per heavy atom. The summed E-state index contributed by atoms with van der Waals surface area (Å²) in [5, 5.41) is 3.37. The van der Waals surface area contributed by atoms with Crippen molar-refractivity contribution in [3.63, 3.8) is 0 Å². The number of aromatic nitrogens is 2. The summed E-state index contributed by atoms with van der Waals surface area (Å²) in [6.07, 6.45) is -1.91. The Labute approximate surface area is 154 Å². The van der Waals surface area contributed by atoms with Crippen molar-refractivity contribution < 1.29 is 27.4 Å². The van der Waals surface area contributed by atoms with Crippen LogP contribution in [0.15, 0.2) is 18.3 Å². The average Bonchev–Trinajstić information content (AvgIpc) is 3.26. The smallest absolute Gasteiger partial charge is 0.434 e. The molecule has 0 aliphatic carbocycles. The summed E-state index contributed by atoms with van der Waals surface area (Å²) in [6.45, 7) is 2.03. The Kier molecular flexibility index (Phi) is 4.63. The molecule has 2 aliphatic rings. The van der Waals surface area contributed by atoms with E-state index in [0.717, 1.165) is 18.2 Å². The van der Waals surface area contributed by atoms with E-state index in [1.807, 2.05) is 12.1 Å². The lowest BCUT2D eigenvalue weighted by Crippen LogP contribution is -2.29. The van der Waals surface area contributed by atoms with E-state index in [-0.39, 0.29) is 12.7 Å². The van der Waals surface area contributed by atoms with E-state index in [1.165, 1.54) is 0 Å². The molecule has 3 heterocycles. The van der Waals surface area contributed by atoms with Gasteiger partial charge in [-0.3, -0.25) is 0 Å². The van der Waals surface area contributed by atoms with E-state index < -0.39 is 11.9 Å². The third-order valence-corrected chi connectivity index (χ3v) is 4.86. The van der Waals surface area contributed by atoms with Gasteiger partial charge in [0, 0.05) is 25.7 Å². The van der Waals surface area contributed by atoms with Gasteiger partial charge in [-0.05, 0) is 36.6 Å². The Bertz CT molecular complexity index is 835. The second kappa shape index (κ2) is 6.95. The molecule has 0 radical (unpaired) electrons. The topological polar surface area (TPSA) is 57.5 Å². The van der Waals surface area contributed by atoms with Crippen LogP contribution < -0.4 is 19.5 Å². The molecule has 0 bridgehead atoms. The van der Waals surface area contributed by atoms with Gasteiger partial charge in [0.05, 0.1) is 7.11 Å². The first-order valence-corrected chi connectivity index (χ1v) is 8.74. The summed E-state index contributed by atoms with van der Waals surface area (Å²) in [5.74, 6) is 2.66. The van der Waals surface area contributed by atoms with Gasteiger partial charge in [0.2, 0.25) is 12.5 Å². The maximum atomic E-state index is 12.8. The first-order chi connectivity index (χ1) is 12.9. The number of nitrogens with zero attached hydrogens (tertiary/aromatic N) is 2. The number of nitrogens with one attached hydrogen (secondary N) is 1. The third kappa shape index (κ3) is 3.69. The van der Waals surface area contributed by atoms with Gasteiger partial charge in [-0.1, -0.05) is 0 Å². The normalized spacial score (nSPS) is 18.4. The van der Waals surface area contributed by atoms with E-state index in [2.05, 4.69) is 10.3 Å². The molecule has 1 atom stereocenters. The second-order valence-corrected chi connectivity index (χ2v) is 6.76. The fraction of sp³-hybridized carbons (Fsp3) is 0.500. The van der Waals surface area contributed by atoms with Crippen LogP contribution in [0.1, 0.15) is 23.5 Å². The zero-order valence-corrected chi connectivity index (χ0v) is 14.8. The fourth-order valence-electron chi connectivity index (χ4n) is 3.52. The molecule has 0 amide bonds. The van der Waals surface area contributed by atoms with Crippen LogP contribution in [0, 0.1) is 5.92 Å². The minimum absolute atomic E-state index is 0.178. The van der Waals surface area contributed by atoms with Gasteiger partial charge in [-0.2, -0.15) is 13.2 Å². The highest BCUT2D eigenvalue weighted by Crippen LogP contribution is 2.41. The third-order valence-electron chi connectivity index (χ3n) is 4.86. The molecule has 0 saturated heterocycles. The van der Waals surface area contributed by atoms with Gasteiger partial charge in [0.15, 0.2) is 17.2 Å². The fourth-order valence-corrected chi connectivity index (χ4v) is 3.52. The van der Waals surface area contributed by atoms with Crippen LogP contribution >= 0.6 is 0 Å². The van der Waals surface area contributed by atoms with Crippen LogP contribution in [0.4, 0.5) is 13.2 Å². The van der Waals surface area contributed by atoms with Gasteiger partial charge >= 0.3 is 6.18 Å². The van der Waals surface area contributed by atoms with E-state index >= 15 is 0 Å². The molecule has 0 saturated carbocycles. The van der Waals surface area contributed by atoms with Gasteiger partial charge in [-0.15, -0.1) is 0 Å². The molecule has 2 aromatic rings. The van der Waals surface area contributed by atoms with Crippen LogP contribution in [-0.2, 0) is 25.7 Å². The van der Waals surface area contributed by atoms with Crippen molar-refractivity contribution in [1.82, 2.24) is 14.9 Å². The molecular formula is C18H20F3N3O3. The summed E-state index contributed by atoms with van der Waals surface area (Å²) >= 11 is 0. The molecule has 1 N–H and O–H groups in total. The number of imidazole rings is 1. The van der Waals surface area contributed by atoms with Crippen molar-refractivity contribution in [1.29, 1.82) is 0 Å². The number of hydrogen-bond donors (Lipinski definition) is 1. The monoisotopic (exact) mass is 383 g/mol. The predicted molar refractivity (Wildman–Crippen MR) is 89.9 cm³/mol. The van der Waals surface area contributed by atoms with Crippen LogP contribution in [0.2, 0.25) is 0 Å². The van der Waals surface area contributed by atoms with Crippen molar-refractivity contribution in [2.45, 2.75) is 32.1 Å². The average molecular weight is 383 g/mol. The summed E-state index contributed by atoms with van der Waals surface area (Å²) in [7, 11) is 1.58. The maximum Gasteiger partial charge on any atom is 0.434 e. The summed E-state index contributed by atoms with van der Waals surface area (Å²) in [5.41, 5.74) is 0.188. The Hall–Kier alpha value is -2.42. The Morgan fingerprint density at radius 2 is 2.19 bits per heavy atom. The molecule has 0 spiro atoms. The molecular weight excluding hydrogens is 363 g/mol. The van der Waals surface area contributed by atoms with E-state index in [9.17, 15) is 13.2 Å². The summed E-state index contributed by atoms with van der Waals surface area (Å²) in [4.78, 5) is 3.71. The van der Waals surface area contributed by atoms with E-state index in [1.54, 1.807) is 11.7 Å². The minimum Gasteiger partial charge on any atom is -0.493 e. The zero-order valence-electron chi connectivity index (χ0n) is 14.8. The molecule has 27 heavy (non-hydrogen) atoms. The molecule has 146 valence electrons. The van der Waals surface area contributed by atoms with E-state index in [4.69, 9.17) is 14.2 Å². The molecule has 1 aromatic heterocycles. The summed E-state index contributed by atoms with van der Waals surface area (Å²) < 4.78 is 56.1. The first kappa shape index (κ1) is 18.0. The number of methoxy groups -OCH3 is 1. The number of rotatable bonds is 5. The standard InChI is InChI=1S/C18H20F3N3O3/c1-25-13-4-12(5-14-17(13)27-10-26-14)7-22-6-11-2-3-16-23-15(18(19,20)21)9-24(16)8-11/h4-5,9,11,22H,2-3,6-8,10H2,1H3/t11-/m0/s1. The van der Waals surface area contributed by atoms with Crippen LogP contribution in [0.5, 0.6) is 17.2 Å². The van der Waals surface area contributed by atoms with Crippen molar-refractivity contribution in [2.75, 3.05) is 20.4 Å². The number of hydrogen-bond acceptors (Lipinski definition) is 5. The van der Waals surface area contributed by atoms with Crippen molar-refractivity contribution >= 4 is 0 Å². The lowest BCUT2D eigenvalue weighted by molar-refractivity contribution is -0.141. The van der Waals surface area contributed by atoms with Crippen molar-refractivity contribution in [3.05, 3.63) is 35.4 Å². The SMILES string of the molecule is COc1cc(CNC[C@@H]2CCc3nc(C(F)(F)F)cn3C2)cc2c1OCO2.